The van der Waals surface area contributed by atoms with Crippen molar-refractivity contribution in [2.45, 2.75) is 70.8 Å². The molecule has 26 heavy (non-hydrogen) atoms. The number of carbonyl (C=O) groups excluding carboxylic acids is 1. The first-order valence-electron chi connectivity index (χ1n) is 10.1. The second kappa shape index (κ2) is 8.41. The number of rotatable bonds is 5. The van der Waals surface area contributed by atoms with Crippen LogP contribution in [0.25, 0.3) is 0 Å². The molecule has 3 nitrogen and oxygen atoms in total. The van der Waals surface area contributed by atoms with E-state index < -0.39 is 0 Å². The van der Waals surface area contributed by atoms with Gasteiger partial charge < -0.3 is 9.47 Å². The van der Waals surface area contributed by atoms with Crippen molar-refractivity contribution in [3.8, 4) is 5.75 Å². The zero-order valence-corrected chi connectivity index (χ0v) is 16.2. The minimum atomic E-state index is -0.282. The predicted octanol–water partition coefficient (Wildman–Crippen LogP) is 5.48. The maximum absolute atomic E-state index is 14.0. The summed E-state index contributed by atoms with van der Waals surface area (Å²) in [4.78, 5) is 12.4. The van der Waals surface area contributed by atoms with Crippen LogP contribution < -0.4 is 4.74 Å². The molecule has 4 heteroatoms. The maximum Gasteiger partial charge on any atom is 0.309 e. The van der Waals surface area contributed by atoms with E-state index in [1.165, 1.54) is 7.11 Å². The Morgan fingerprint density at radius 1 is 1.19 bits per heavy atom. The van der Waals surface area contributed by atoms with Crippen LogP contribution in [-0.2, 0) is 9.53 Å². The van der Waals surface area contributed by atoms with Crippen molar-refractivity contribution in [2.24, 2.45) is 17.8 Å². The van der Waals surface area contributed by atoms with Gasteiger partial charge in [-0.3, -0.25) is 4.79 Å². The topological polar surface area (TPSA) is 35.5 Å². The van der Waals surface area contributed by atoms with Crippen LogP contribution in [0.3, 0.4) is 0 Å². The number of carbonyl (C=O) groups is 1. The van der Waals surface area contributed by atoms with Gasteiger partial charge in [0, 0.05) is 0 Å². The van der Waals surface area contributed by atoms with Crippen LogP contribution in [0, 0.1) is 23.6 Å². The molecule has 1 aliphatic heterocycles. The van der Waals surface area contributed by atoms with Crippen molar-refractivity contribution in [2.75, 3.05) is 7.11 Å². The van der Waals surface area contributed by atoms with Gasteiger partial charge in [0.2, 0.25) is 0 Å². The van der Waals surface area contributed by atoms with Crippen LogP contribution in [0.15, 0.2) is 18.2 Å². The third kappa shape index (κ3) is 4.05. The number of esters is 1. The highest BCUT2D eigenvalue weighted by Crippen LogP contribution is 2.43. The summed E-state index contributed by atoms with van der Waals surface area (Å²) in [7, 11) is 1.49. The molecular weight excluding hydrogens is 331 g/mol. The van der Waals surface area contributed by atoms with E-state index in [1.54, 1.807) is 12.1 Å². The molecule has 0 amide bonds. The summed E-state index contributed by atoms with van der Waals surface area (Å²) in [6, 6.07) is 5.33. The summed E-state index contributed by atoms with van der Waals surface area (Å²) in [6.45, 7) is 4.29. The average Bonchev–Trinajstić information content (AvgIpc) is 2.67. The minimum Gasteiger partial charge on any atom is -0.494 e. The van der Waals surface area contributed by atoms with Crippen molar-refractivity contribution in [3.05, 3.63) is 29.6 Å². The van der Waals surface area contributed by atoms with E-state index in [-0.39, 0.29) is 23.8 Å². The van der Waals surface area contributed by atoms with Gasteiger partial charge >= 0.3 is 5.97 Å². The lowest BCUT2D eigenvalue weighted by atomic mass is 9.69. The molecule has 1 heterocycles. The Hall–Kier alpha value is -1.58. The van der Waals surface area contributed by atoms with Crippen molar-refractivity contribution < 1.29 is 18.7 Å². The molecular formula is C22H31FO3. The number of ether oxygens (including phenoxy) is 2. The Balaban J connectivity index is 1.56. The maximum atomic E-state index is 14.0. The molecule has 0 spiro atoms. The van der Waals surface area contributed by atoms with Gasteiger partial charge in [0.15, 0.2) is 11.6 Å². The zero-order chi connectivity index (χ0) is 18.7. The largest absolute Gasteiger partial charge is 0.494 e. The fourth-order valence-corrected chi connectivity index (χ4v) is 4.80. The Morgan fingerprint density at radius 3 is 2.50 bits per heavy atom. The Morgan fingerprint density at radius 2 is 1.92 bits per heavy atom. The minimum absolute atomic E-state index is 0.00921. The van der Waals surface area contributed by atoms with E-state index in [0.29, 0.717) is 23.5 Å². The zero-order valence-electron chi connectivity index (χ0n) is 16.2. The Bertz CT molecular complexity index is 622. The van der Waals surface area contributed by atoms with Crippen LogP contribution in [0.4, 0.5) is 4.39 Å². The number of methoxy groups -OCH3 is 1. The van der Waals surface area contributed by atoms with Crippen LogP contribution in [0.1, 0.15) is 70.3 Å². The fourth-order valence-electron chi connectivity index (χ4n) is 4.80. The van der Waals surface area contributed by atoms with Crippen molar-refractivity contribution in [1.82, 2.24) is 0 Å². The Labute approximate surface area is 156 Å². The van der Waals surface area contributed by atoms with Crippen molar-refractivity contribution >= 4 is 5.97 Å². The quantitative estimate of drug-likeness (QED) is 0.651. The number of hydrogen-bond donors (Lipinski definition) is 0. The average molecular weight is 362 g/mol. The molecule has 3 atom stereocenters. The monoisotopic (exact) mass is 362 g/mol. The first-order chi connectivity index (χ1) is 12.5. The van der Waals surface area contributed by atoms with Gasteiger partial charge in [0.05, 0.1) is 13.0 Å². The predicted molar refractivity (Wildman–Crippen MR) is 99.7 cm³/mol. The van der Waals surface area contributed by atoms with E-state index in [4.69, 9.17) is 9.47 Å². The second-order valence-electron chi connectivity index (χ2n) is 8.02. The molecule has 144 valence electrons. The highest BCUT2D eigenvalue weighted by Gasteiger charge is 2.38. The summed E-state index contributed by atoms with van der Waals surface area (Å²) in [6.07, 6.45) is 7.30. The lowest BCUT2D eigenvalue weighted by Gasteiger charge is -2.38. The second-order valence-corrected chi connectivity index (χ2v) is 8.02. The molecule has 2 fully saturated rings. The molecule has 3 unspecified atom stereocenters. The molecule has 2 aliphatic rings. The van der Waals surface area contributed by atoms with E-state index in [1.807, 2.05) is 6.07 Å². The van der Waals surface area contributed by atoms with Crippen LogP contribution in [-0.4, -0.2) is 19.2 Å². The van der Waals surface area contributed by atoms with E-state index >= 15 is 0 Å². The third-order valence-corrected chi connectivity index (χ3v) is 6.64. The summed E-state index contributed by atoms with van der Waals surface area (Å²) in [5.74, 6) is 1.42. The Kier molecular flexibility index (Phi) is 6.20. The number of benzene rings is 1. The molecule has 1 aliphatic carbocycles. The van der Waals surface area contributed by atoms with Gasteiger partial charge in [-0.25, -0.2) is 4.39 Å². The lowest BCUT2D eigenvalue weighted by Crippen LogP contribution is -2.37. The summed E-state index contributed by atoms with van der Waals surface area (Å²) in [5.41, 5.74) is 1.07. The van der Waals surface area contributed by atoms with E-state index in [9.17, 15) is 9.18 Å². The smallest absolute Gasteiger partial charge is 0.309 e. The van der Waals surface area contributed by atoms with Gasteiger partial charge in [-0.15, -0.1) is 0 Å². The molecule has 0 aromatic heterocycles. The fraction of sp³-hybridized carbons (Fsp3) is 0.682. The molecule has 3 rings (SSSR count). The van der Waals surface area contributed by atoms with E-state index in [2.05, 4.69) is 13.8 Å². The van der Waals surface area contributed by atoms with Gasteiger partial charge in [-0.1, -0.05) is 19.9 Å². The van der Waals surface area contributed by atoms with Gasteiger partial charge in [-0.05, 0) is 80.4 Å². The summed E-state index contributed by atoms with van der Waals surface area (Å²) >= 11 is 0. The number of halogens is 1. The third-order valence-electron chi connectivity index (χ3n) is 6.64. The molecule has 0 bridgehead atoms. The van der Waals surface area contributed by atoms with Gasteiger partial charge in [0.25, 0.3) is 0 Å². The highest BCUT2D eigenvalue weighted by molar-refractivity contribution is 5.73. The van der Waals surface area contributed by atoms with Crippen LogP contribution >= 0.6 is 0 Å². The highest BCUT2D eigenvalue weighted by atomic mass is 19.1. The number of cyclic esters (lactones) is 1. The van der Waals surface area contributed by atoms with Crippen molar-refractivity contribution in [3.63, 3.8) is 0 Å². The molecule has 1 aromatic rings. The molecule has 0 N–H and O–H groups in total. The molecule has 1 aromatic carbocycles. The van der Waals surface area contributed by atoms with Gasteiger partial charge in [-0.2, -0.15) is 0 Å². The summed E-state index contributed by atoms with van der Waals surface area (Å²) < 4.78 is 24.6. The first-order valence-corrected chi connectivity index (χ1v) is 10.1. The lowest BCUT2D eigenvalue weighted by molar-refractivity contribution is -0.164. The SMILES string of the molecule is CCC1CCC(C(C)C2CCC(c3ccc(OC)c(F)c3)CC2)C(=O)O1. The molecule has 1 saturated carbocycles. The van der Waals surface area contributed by atoms with Gasteiger partial charge in [0.1, 0.15) is 6.10 Å². The van der Waals surface area contributed by atoms with E-state index in [0.717, 1.165) is 50.5 Å². The first kappa shape index (κ1) is 19.2. The standard InChI is InChI=1S/C22H31FO3/c1-4-18-10-11-19(22(24)26-18)14(2)15-5-7-16(8-6-15)17-9-12-21(25-3)20(23)13-17/h9,12-16,18-19H,4-8,10-11H2,1-3H3. The normalized spacial score (nSPS) is 30.5. The van der Waals surface area contributed by atoms with Crippen molar-refractivity contribution in [1.29, 1.82) is 0 Å². The van der Waals surface area contributed by atoms with Crippen LogP contribution in [0.5, 0.6) is 5.75 Å². The van der Waals surface area contributed by atoms with Crippen LogP contribution in [0.2, 0.25) is 0 Å². The molecule has 1 saturated heterocycles. The molecule has 0 radical (unpaired) electrons. The number of hydrogen-bond acceptors (Lipinski definition) is 3. The summed E-state index contributed by atoms with van der Waals surface area (Å²) in [5, 5.41) is 0.